The number of fused-ring (bicyclic) bond motifs is 1. The number of carbonyl (C=O) groups is 1. The molecule has 1 aliphatic rings. The van der Waals surface area contributed by atoms with Gasteiger partial charge >= 0.3 is 0 Å². The SMILES string of the molecule is CCCCCCCCCCC(O)CCCCCCCCC[C@H]1C(=O)c2ccccc2CC1O. The van der Waals surface area contributed by atoms with Crippen molar-refractivity contribution in [3.8, 4) is 0 Å². The molecule has 3 heteroatoms. The molecular weight excluding hydrogens is 408 g/mol. The molecular formula is C30H50O3. The third kappa shape index (κ3) is 11.2. The van der Waals surface area contributed by atoms with Crippen molar-refractivity contribution in [2.45, 2.75) is 141 Å². The third-order valence-corrected chi connectivity index (χ3v) is 7.46. The van der Waals surface area contributed by atoms with Crippen molar-refractivity contribution in [2.24, 2.45) is 5.92 Å². The van der Waals surface area contributed by atoms with Crippen LogP contribution >= 0.6 is 0 Å². The van der Waals surface area contributed by atoms with E-state index in [0.29, 0.717) is 6.42 Å². The van der Waals surface area contributed by atoms with Gasteiger partial charge in [0.2, 0.25) is 0 Å². The number of hydrogen-bond acceptors (Lipinski definition) is 3. The molecule has 2 N–H and O–H groups in total. The highest BCUT2D eigenvalue weighted by molar-refractivity contribution is 6.00. The summed E-state index contributed by atoms with van der Waals surface area (Å²) in [5.74, 6) is -0.0858. The number of aliphatic hydroxyl groups excluding tert-OH is 2. The molecule has 3 atom stereocenters. The Morgan fingerprint density at radius 3 is 1.91 bits per heavy atom. The molecule has 0 heterocycles. The van der Waals surface area contributed by atoms with Gasteiger partial charge < -0.3 is 10.2 Å². The van der Waals surface area contributed by atoms with Crippen LogP contribution in [-0.2, 0) is 6.42 Å². The summed E-state index contributed by atoms with van der Waals surface area (Å²) in [4.78, 5) is 12.7. The van der Waals surface area contributed by atoms with E-state index in [4.69, 9.17) is 0 Å². The minimum Gasteiger partial charge on any atom is -0.393 e. The zero-order valence-electron chi connectivity index (χ0n) is 21.3. The van der Waals surface area contributed by atoms with E-state index in [-0.39, 0.29) is 17.8 Å². The van der Waals surface area contributed by atoms with Gasteiger partial charge in [0.25, 0.3) is 0 Å². The highest BCUT2D eigenvalue weighted by atomic mass is 16.3. The van der Waals surface area contributed by atoms with Crippen molar-refractivity contribution in [3.63, 3.8) is 0 Å². The molecule has 0 amide bonds. The van der Waals surface area contributed by atoms with Gasteiger partial charge in [-0.05, 0) is 31.2 Å². The molecule has 33 heavy (non-hydrogen) atoms. The number of benzene rings is 1. The molecule has 0 saturated heterocycles. The first-order valence-electron chi connectivity index (χ1n) is 14.1. The topological polar surface area (TPSA) is 57.5 Å². The zero-order chi connectivity index (χ0) is 23.7. The Labute approximate surface area is 203 Å². The van der Waals surface area contributed by atoms with E-state index in [1.807, 2.05) is 24.3 Å². The van der Waals surface area contributed by atoms with Crippen LogP contribution in [0.15, 0.2) is 24.3 Å². The normalized spacial score (nSPS) is 18.9. The third-order valence-electron chi connectivity index (χ3n) is 7.46. The van der Waals surface area contributed by atoms with Crippen LogP contribution in [0.3, 0.4) is 0 Å². The lowest BCUT2D eigenvalue weighted by Crippen LogP contribution is -2.35. The van der Waals surface area contributed by atoms with E-state index in [1.54, 1.807) is 0 Å². The number of carbonyl (C=O) groups excluding carboxylic acids is 1. The second-order valence-electron chi connectivity index (χ2n) is 10.4. The van der Waals surface area contributed by atoms with Gasteiger partial charge in [0.05, 0.1) is 12.2 Å². The van der Waals surface area contributed by atoms with Crippen molar-refractivity contribution < 1.29 is 15.0 Å². The number of Topliss-reactive ketones (excluding diaryl/α,β-unsaturated/α-hetero) is 1. The average molecular weight is 459 g/mol. The summed E-state index contributed by atoms with van der Waals surface area (Å²) in [5, 5.41) is 20.6. The molecule has 3 nitrogen and oxygen atoms in total. The van der Waals surface area contributed by atoms with E-state index in [2.05, 4.69) is 6.92 Å². The van der Waals surface area contributed by atoms with Crippen LogP contribution in [0, 0.1) is 5.92 Å². The van der Waals surface area contributed by atoms with Crippen LogP contribution in [-0.4, -0.2) is 28.2 Å². The van der Waals surface area contributed by atoms with Gasteiger partial charge in [-0.1, -0.05) is 128 Å². The van der Waals surface area contributed by atoms with Crippen LogP contribution in [0.2, 0.25) is 0 Å². The first-order valence-corrected chi connectivity index (χ1v) is 14.1. The van der Waals surface area contributed by atoms with E-state index < -0.39 is 6.10 Å². The molecule has 188 valence electrons. The Kier molecular flexibility index (Phi) is 14.7. The van der Waals surface area contributed by atoms with E-state index in [9.17, 15) is 15.0 Å². The van der Waals surface area contributed by atoms with Gasteiger partial charge in [-0.25, -0.2) is 0 Å². The average Bonchev–Trinajstić information content (AvgIpc) is 2.81. The van der Waals surface area contributed by atoms with Crippen LogP contribution in [0.1, 0.15) is 138 Å². The van der Waals surface area contributed by atoms with E-state index in [1.165, 1.54) is 77.0 Å². The number of ketones is 1. The van der Waals surface area contributed by atoms with Crippen molar-refractivity contribution in [3.05, 3.63) is 35.4 Å². The lowest BCUT2D eigenvalue weighted by molar-refractivity contribution is 0.0611. The predicted octanol–water partition coefficient (Wildman–Crippen LogP) is 7.81. The molecule has 0 fully saturated rings. The maximum absolute atomic E-state index is 12.7. The Bertz CT molecular complexity index is 641. The van der Waals surface area contributed by atoms with Gasteiger partial charge in [0.1, 0.15) is 0 Å². The standard InChI is InChI=1S/C30H50O3/c1-2-3-4-5-6-8-11-14-20-26(31)21-15-12-9-7-10-13-16-23-28-29(32)24-25-19-17-18-22-27(25)30(28)33/h17-19,22,26,28-29,31-32H,2-16,20-21,23-24H2,1H3/t26?,28-,29?/m1/s1. The summed E-state index contributed by atoms with van der Waals surface area (Å²) in [7, 11) is 0. The van der Waals surface area contributed by atoms with Crippen LogP contribution in [0.5, 0.6) is 0 Å². The number of unbranched alkanes of at least 4 members (excludes halogenated alkanes) is 13. The largest absolute Gasteiger partial charge is 0.393 e. The predicted molar refractivity (Wildman–Crippen MR) is 139 cm³/mol. The van der Waals surface area contributed by atoms with Gasteiger partial charge in [0, 0.05) is 11.5 Å². The summed E-state index contributed by atoms with van der Waals surface area (Å²) < 4.78 is 0. The van der Waals surface area contributed by atoms with Gasteiger partial charge in [-0.15, -0.1) is 0 Å². The van der Waals surface area contributed by atoms with Gasteiger partial charge in [0.15, 0.2) is 5.78 Å². The Morgan fingerprint density at radius 1 is 0.788 bits per heavy atom. The number of rotatable bonds is 19. The maximum Gasteiger partial charge on any atom is 0.168 e. The van der Waals surface area contributed by atoms with Gasteiger partial charge in [-0.3, -0.25) is 4.79 Å². The summed E-state index contributed by atoms with van der Waals surface area (Å²) in [6.45, 7) is 2.26. The molecule has 1 aromatic carbocycles. The number of hydrogen-bond donors (Lipinski definition) is 2. The van der Waals surface area contributed by atoms with Crippen LogP contribution in [0.25, 0.3) is 0 Å². The molecule has 2 unspecified atom stereocenters. The second-order valence-corrected chi connectivity index (χ2v) is 10.4. The molecule has 0 spiro atoms. The molecule has 0 saturated carbocycles. The molecule has 0 aromatic heterocycles. The summed E-state index contributed by atoms with van der Waals surface area (Å²) in [6, 6.07) is 7.73. The second kappa shape index (κ2) is 17.3. The van der Waals surface area contributed by atoms with Gasteiger partial charge in [-0.2, -0.15) is 0 Å². The maximum atomic E-state index is 12.7. The Hall–Kier alpha value is -1.19. The lowest BCUT2D eigenvalue weighted by atomic mass is 9.78. The van der Waals surface area contributed by atoms with E-state index in [0.717, 1.165) is 49.7 Å². The molecule has 0 aliphatic heterocycles. The van der Waals surface area contributed by atoms with E-state index >= 15 is 0 Å². The summed E-state index contributed by atoms with van der Waals surface area (Å²) in [5.41, 5.74) is 1.81. The Balaban J connectivity index is 1.40. The van der Waals surface area contributed by atoms with Crippen molar-refractivity contribution in [1.82, 2.24) is 0 Å². The minimum atomic E-state index is -0.523. The van der Waals surface area contributed by atoms with Crippen LogP contribution < -0.4 is 0 Å². The first-order chi connectivity index (χ1) is 16.1. The number of aliphatic hydroxyl groups is 2. The molecule has 2 rings (SSSR count). The summed E-state index contributed by atoms with van der Waals surface area (Å²) in [6.07, 6.45) is 21.5. The zero-order valence-corrected chi connectivity index (χ0v) is 21.3. The highest BCUT2D eigenvalue weighted by Crippen LogP contribution is 2.29. The highest BCUT2D eigenvalue weighted by Gasteiger charge is 2.33. The fraction of sp³-hybridized carbons (Fsp3) is 0.767. The molecule has 1 aliphatic carbocycles. The molecule has 1 aromatic rings. The lowest BCUT2D eigenvalue weighted by Gasteiger charge is -2.28. The fourth-order valence-corrected chi connectivity index (χ4v) is 5.29. The van der Waals surface area contributed by atoms with Crippen LogP contribution in [0.4, 0.5) is 0 Å². The van der Waals surface area contributed by atoms with Crippen molar-refractivity contribution in [2.75, 3.05) is 0 Å². The monoisotopic (exact) mass is 458 g/mol. The smallest absolute Gasteiger partial charge is 0.168 e. The van der Waals surface area contributed by atoms with Crippen molar-refractivity contribution in [1.29, 1.82) is 0 Å². The first kappa shape index (κ1) is 28.1. The molecule has 0 bridgehead atoms. The summed E-state index contributed by atoms with van der Waals surface area (Å²) >= 11 is 0. The molecule has 0 radical (unpaired) electrons. The minimum absolute atomic E-state index is 0.102. The fourth-order valence-electron chi connectivity index (χ4n) is 5.29. The quantitative estimate of drug-likeness (QED) is 0.208. The van der Waals surface area contributed by atoms with Crippen molar-refractivity contribution >= 4 is 5.78 Å². The Morgan fingerprint density at radius 2 is 1.30 bits per heavy atom.